The second-order valence-corrected chi connectivity index (χ2v) is 21.5. The lowest BCUT2D eigenvalue weighted by molar-refractivity contribution is 0.483. The first kappa shape index (κ1) is 43.0. The normalized spacial score (nSPS) is 13.3. The zero-order chi connectivity index (χ0) is 53.3. The van der Waals surface area contributed by atoms with Crippen LogP contribution in [-0.4, -0.2) is 16.2 Å². The third-order valence-corrected chi connectivity index (χ3v) is 14.6. The number of nitrogens with zero attached hydrogens (tertiary/aromatic N) is 4. The van der Waals surface area contributed by atoms with E-state index in [0.29, 0.717) is 18.1 Å². The van der Waals surface area contributed by atoms with Crippen LogP contribution in [0.5, 0.6) is 11.5 Å². The predicted octanol–water partition coefficient (Wildman–Crippen LogP) is 18.8. The minimum absolute atomic E-state index is 0.00737. The molecule has 0 saturated carbocycles. The molecular weight excluding hydrogens is 901 g/mol. The molecule has 0 bridgehead atoms. The Balaban J connectivity index is 0.959. The largest absolute Gasteiger partial charge is 0.457 e. The fraction of sp³-hybridized carbons (Fsp3) is 0.145. The fourth-order valence-electron chi connectivity index (χ4n) is 10.6. The van der Waals surface area contributed by atoms with Gasteiger partial charge < -0.3 is 14.5 Å². The van der Waals surface area contributed by atoms with E-state index < -0.39 is 0 Å². The van der Waals surface area contributed by atoms with Crippen LogP contribution in [0.25, 0.3) is 72.1 Å². The second kappa shape index (κ2) is 18.4. The predicted molar refractivity (Wildman–Crippen MR) is 311 cm³/mol. The van der Waals surface area contributed by atoms with E-state index in [9.17, 15) is 4.11 Å². The van der Waals surface area contributed by atoms with E-state index in [4.69, 9.17) is 9.72 Å². The van der Waals surface area contributed by atoms with Crippen LogP contribution in [0.15, 0.2) is 225 Å². The van der Waals surface area contributed by atoms with Gasteiger partial charge in [-0.3, -0.25) is 4.57 Å². The molecule has 12 rings (SSSR count). The lowest BCUT2D eigenvalue weighted by Crippen LogP contribution is -2.25. The van der Waals surface area contributed by atoms with Gasteiger partial charge in [-0.25, -0.2) is 4.98 Å². The molecule has 1 aliphatic heterocycles. The summed E-state index contributed by atoms with van der Waals surface area (Å²) in [7, 11) is 0. The van der Waals surface area contributed by atoms with Gasteiger partial charge in [-0.2, -0.15) is 0 Å². The van der Waals surface area contributed by atoms with Gasteiger partial charge in [-0.15, -0.1) is 0 Å². The molecule has 0 atom stereocenters. The van der Waals surface area contributed by atoms with E-state index in [1.807, 2.05) is 54.7 Å². The number of aryl methyl sites for hydroxylation is 1. The van der Waals surface area contributed by atoms with Crippen LogP contribution < -0.4 is 14.5 Å². The van der Waals surface area contributed by atoms with E-state index in [0.717, 1.165) is 94.8 Å². The summed E-state index contributed by atoms with van der Waals surface area (Å²) in [6, 6.07) is 69.5. The molecule has 0 fully saturated rings. The molecule has 1 aliphatic rings. The van der Waals surface area contributed by atoms with Crippen molar-refractivity contribution < 1.29 is 8.85 Å². The molecule has 0 saturated heterocycles. The Morgan fingerprint density at radius 2 is 1.05 bits per heavy atom. The van der Waals surface area contributed by atoms with Gasteiger partial charge in [0.15, 0.2) is 0 Å². The molecule has 5 heteroatoms. The Hall–Kier alpha value is -8.67. The smallest absolute Gasteiger partial charge is 0.137 e. The van der Waals surface area contributed by atoms with Gasteiger partial charge in [0.1, 0.15) is 24.0 Å². The summed E-state index contributed by atoms with van der Waals surface area (Å²) in [5.41, 5.74) is 17.7. The highest BCUT2D eigenvalue weighted by Crippen LogP contribution is 2.51. The summed E-state index contributed by atoms with van der Waals surface area (Å²) in [5, 5.41) is 2.10. The molecule has 0 N–H and O–H groups in total. The minimum Gasteiger partial charge on any atom is -0.457 e. The molecule has 362 valence electrons. The van der Waals surface area contributed by atoms with Crippen molar-refractivity contribution in [3.8, 4) is 61.8 Å². The Morgan fingerprint density at radius 1 is 0.473 bits per heavy atom. The monoisotopic (exact) mass is 963 g/mol. The van der Waals surface area contributed by atoms with Gasteiger partial charge in [-0.1, -0.05) is 193 Å². The van der Waals surface area contributed by atoms with Crippen molar-refractivity contribution in [2.24, 2.45) is 0 Å². The molecule has 0 amide bonds. The number of rotatable bonds is 9. The molecular formula is C69H60N4O. The van der Waals surface area contributed by atoms with Crippen molar-refractivity contribution in [2.75, 3.05) is 16.5 Å². The quantitative estimate of drug-likeness (QED) is 0.144. The number of pyridine rings is 1. The van der Waals surface area contributed by atoms with Crippen LogP contribution in [0.4, 0.5) is 22.7 Å². The van der Waals surface area contributed by atoms with Crippen molar-refractivity contribution in [3.05, 3.63) is 241 Å². The molecule has 5 nitrogen and oxygen atoms in total. The number of hydrogen-bond acceptors (Lipinski definition) is 4. The second-order valence-electron chi connectivity index (χ2n) is 21.5. The maximum atomic E-state index is 9.48. The average Bonchev–Trinajstić information content (AvgIpc) is 4.05. The van der Waals surface area contributed by atoms with E-state index in [1.165, 1.54) is 11.1 Å². The number of aromatic nitrogens is 2. The first-order chi connectivity index (χ1) is 37.1. The van der Waals surface area contributed by atoms with Gasteiger partial charge in [0.25, 0.3) is 0 Å². The molecule has 9 aromatic carbocycles. The minimum atomic E-state index is -0.214. The zero-order valence-corrected chi connectivity index (χ0v) is 43.0. The summed E-state index contributed by atoms with van der Waals surface area (Å²) in [4.78, 5) is 9.52. The molecule has 0 unspecified atom stereocenters. The fourth-order valence-corrected chi connectivity index (χ4v) is 10.6. The number of fused-ring (bicyclic) bond motifs is 4. The molecule has 74 heavy (non-hydrogen) atoms. The third-order valence-electron chi connectivity index (χ3n) is 14.6. The number of anilines is 4. The highest BCUT2D eigenvalue weighted by molar-refractivity contribution is 6.11. The van der Waals surface area contributed by atoms with Gasteiger partial charge in [0, 0.05) is 51.5 Å². The summed E-state index contributed by atoms with van der Waals surface area (Å²) < 4.78 is 37.0. The van der Waals surface area contributed by atoms with E-state index in [-0.39, 0.29) is 34.7 Å². The maximum Gasteiger partial charge on any atom is 0.137 e. The molecule has 3 heterocycles. The topological polar surface area (TPSA) is 33.5 Å². The molecule has 0 spiro atoms. The summed E-state index contributed by atoms with van der Waals surface area (Å²) in [6.07, 6.45) is 1.96. The van der Waals surface area contributed by atoms with Crippen LogP contribution in [-0.2, 0) is 10.8 Å². The van der Waals surface area contributed by atoms with Gasteiger partial charge in [0.2, 0.25) is 0 Å². The lowest BCUT2D eigenvalue weighted by Gasteiger charge is -2.27. The van der Waals surface area contributed by atoms with Crippen molar-refractivity contribution in [1.82, 2.24) is 9.55 Å². The maximum absolute atomic E-state index is 9.48. The first-order valence-corrected chi connectivity index (χ1v) is 25.5. The summed E-state index contributed by atoms with van der Waals surface area (Å²) in [5.74, 6) is 1.45. The van der Waals surface area contributed by atoms with Gasteiger partial charge in [-0.05, 0) is 117 Å². The van der Waals surface area contributed by atoms with Crippen molar-refractivity contribution >= 4 is 44.6 Å². The molecule has 11 aromatic rings. The van der Waals surface area contributed by atoms with Crippen molar-refractivity contribution in [2.45, 2.75) is 59.3 Å². The Bertz CT molecular complexity index is 4040. The number of para-hydroxylation sites is 3. The van der Waals surface area contributed by atoms with Gasteiger partial charge >= 0.3 is 0 Å². The van der Waals surface area contributed by atoms with E-state index in [1.54, 1.807) is 6.07 Å². The molecule has 2 aromatic heterocycles. The molecule has 0 aliphatic carbocycles. The van der Waals surface area contributed by atoms with Crippen molar-refractivity contribution in [3.63, 3.8) is 0 Å². The standard InChI is InChI=1S/C69H60N4O/c1-46-40-66(70-44-61(46)49-20-12-9-13-21-49)73-62-39-32-51(47-28-33-52(34-29-47)68(2,3)4)41-60(62)59-38-37-56(43-65(59)73)74-55-23-16-22-54(42-55)71-45-72(64-27-15-14-26-63(64)71)67-57(48-18-10-8-11-19-48)24-17-25-58(67)50-30-35-53(36-31-50)69(5,6)7/h8-44H,45H2,1-7H3/i16D,22D,23D. The Kier molecular flexibility index (Phi) is 10.7. The van der Waals surface area contributed by atoms with Gasteiger partial charge in [0.05, 0.1) is 32.2 Å². The van der Waals surface area contributed by atoms with Crippen LogP contribution in [0.1, 0.15) is 62.3 Å². The highest BCUT2D eigenvalue weighted by atomic mass is 16.5. The number of ether oxygens (including phenoxy) is 1. The Labute approximate surface area is 439 Å². The Morgan fingerprint density at radius 3 is 1.69 bits per heavy atom. The van der Waals surface area contributed by atoms with Crippen LogP contribution in [0.3, 0.4) is 0 Å². The third kappa shape index (κ3) is 8.58. The summed E-state index contributed by atoms with van der Waals surface area (Å²) >= 11 is 0. The molecule has 0 radical (unpaired) electrons. The zero-order valence-electron chi connectivity index (χ0n) is 46.0. The van der Waals surface area contributed by atoms with E-state index >= 15 is 0 Å². The number of benzene rings is 9. The highest BCUT2D eigenvalue weighted by Gasteiger charge is 2.32. The lowest BCUT2D eigenvalue weighted by atomic mass is 9.86. The first-order valence-electron chi connectivity index (χ1n) is 27.0. The van der Waals surface area contributed by atoms with Crippen LogP contribution >= 0.6 is 0 Å². The van der Waals surface area contributed by atoms with E-state index in [2.05, 4.69) is 208 Å². The average molecular weight is 964 g/mol. The van der Waals surface area contributed by atoms with Crippen molar-refractivity contribution in [1.29, 1.82) is 0 Å². The summed E-state index contributed by atoms with van der Waals surface area (Å²) in [6.45, 7) is 15.9. The van der Waals surface area contributed by atoms with Crippen LogP contribution in [0.2, 0.25) is 0 Å². The number of hydrogen-bond donors (Lipinski definition) is 0. The van der Waals surface area contributed by atoms with Crippen LogP contribution in [0, 0.1) is 6.92 Å². The SMILES string of the molecule is [2H]c1c(Oc2ccc3c4cc(-c5ccc(C(C)(C)C)cc5)ccc4n(-c4cc(C)c(-c5ccccc5)cn4)c3c2)cc(N2CN(c3c(-c4ccccc4)cccc3-c3ccc(C(C)(C)C)cc3)c3ccccc32)c([2H])c1[2H].